The Labute approximate surface area is 137 Å². The van der Waals surface area contributed by atoms with Gasteiger partial charge >= 0.3 is 0 Å². The molecule has 7 heteroatoms. The molecule has 2 aromatic heterocycles. The van der Waals surface area contributed by atoms with Crippen LogP contribution >= 0.6 is 38.9 Å². The van der Waals surface area contributed by atoms with Crippen LogP contribution in [0.2, 0.25) is 0 Å². The van der Waals surface area contributed by atoms with Crippen molar-refractivity contribution in [3.8, 4) is 10.8 Å². The number of halogens is 3. The molecule has 0 bridgehead atoms. The monoisotopic (exact) mass is 384 g/mol. The Morgan fingerprint density at radius 2 is 2.19 bits per heavy atom. The van der Waals surface area contributed by atoms with Crippen molar-refractivity contribution < 1.29 is 8.81 Å². The highest BCUT2D eigenvalue weighted by atomic mass is 79.9. The van der Waals surface area contributed by atoms with Gasteiger partial charge in [-0.2, -0.15) is 0 Å². The molecule has 0 saturated heterocycles. The van der Waals surface area contributed by atoms with Crippen LogP contribution in [0.3, 0.4) is 0 Å². The van der Waals surface area contributed by atoms with Crippen LogP contribution in [0.25, 0.3) is 21.9 Å². The Morgan fingerprint density at radius 3 is 2.95 bits per heavy atom. The minimum atomic E-state index is -0.380. The lowest BCUT2D eigenvalue weighted by atomic mass is 10.2. The fourth-order valence-corrected chi connectivity index (χ4v) is 2.86. The number of hydrogen-bond donors (Lipinski definition) is 0. The largest absolute Gasteiger partial charge is 0.414 e. The van der Waals surface area contributed by atoms with E-state index in [1.54, 1.807) is 12.1 Å². The average molecular weight is 386 g/mol. The van der Waals surface area contributed by atoms with Crippen LogP contribution in [0.15, 0.2) is 44.6 Å². The third-order valence-corrected chi connectivity index (χ3v) is 4.22. The molecule has 0 atom stereocenters. The summed E-state index contributed by atoms with van der Waals surface area (Å²) in [6, 6.07) is 8.34. The quantitative estimate of drug-likeness (QED) is 0.603. The zero-order valence-electron chi connectivity index (χ0n) is 10.4. The molecule has 1 aromatic carbocycles. The number of thiophene rings is 1. The molecule has 0 unspecified atom stereocenters. The SMILES string of the molecule is Fc1ccc(Br)cc1/C=C(\Cl)c1nnc(-c2cccs2)o1. The maximum absolute atomic E-state index is 13.7. The van der Waals surface area contributed by atoms with Crippen LogP contribution < -0.4 is 0 Å². The second-order valence-electron chi connectivity index (χ2n) is 4.05. The van der Waals surface area contributed by atoms with Crippen molar-refractivity contribution in [2.75, 3.05) is 0 Å². The number of benzene rings is 1. The number of hydrogen-bond acceptors (Lipinski definition) is 4. The molecule has 3 nitrogen and oxygen atoms in total. The molecule has 106 valence electrons. The Hall–Kier alpha value is -1.50. The summed E-state index contributed by atoms with van der Waals surface area (Å²) >= 11 is 10.9. The van der Waals surface area contributed by atoms with Crippen LogP contribution in [0, 0.1) is 5.82 Å². The molecule has 0 N–H and O–H groups in total. The molecule has 3 rings (SSSR count). The number of rotatable bonds is 3. The first-order valence-corrected chi connectivity index (χ1v) is 7.88. The molecule has 0 aliphatic rings. The summed E-state index contributed by atoms with van der Waals surface area (Å²) in [5.41, 5.74) is 0.338. The molecule has 0 aliphatic carbocycles. The molecular weight excluding hydrogens is 379 g/mol. The standard InChI is InChI=1S/C14H7BrClFN2OS/c15-9-3-4-11(17)8(6-9)7-10(16)13-18-19-14(20-13)12-2-1-5-21-12/h1-7H/b10-7-. The van der Waals surface area contributed by atoms with Gasteiger partial charge in [0.05, 0.1) is 4.88 Å². The highest BCUT2D eigenvalue weighted by Crippen LogP contribution is 2.28. The summed E-state index contributed by atoms with van der Waals surface area (Å²) in [4.78, 5) is 0.854. The van der Waals surface area contributed by atoms with Gasteiger partial charge in [-0.05, 0) is 35.7 Å². The van der Waals surface area contributed by atoms with E-state index in [0.717, 1.165) is 9.35 Å². The van der Waals surface area contributed by atoms with Gasteiger partial charge in [0.2, 0.25) is 0 Å². The third-order valence-electron chi connectivity index (χ3n) is 2.60. The maximum atomic E-state index is 13.7. The molecule has 0 aliphatic heterocycles. The second kappa shape index (κ2) is 6.09. The number of nitrogens with zero attached hydrogens (tertiary/aromatic N) is 2. The molecule has 0 saturated carbocycles. The van der Waals surface area contributed by atoms with Gasteiger partial charge in [-0.1, -0.05) is 33.6 Å². The van der Waals surface area contributed by atoms with Crippen LogP contribution in [0.1, 0.15) is 11.5 Å². The Balaban J connectivity index is 1.93. The predicted molar refractivity (Wildman–Crippen MR) is 85.4 cm³/mol. The molecule has 0 amide bonds. The first-order valence-electron chi connectivity index (χ1n) is 5.83. The Morgan fingerprint density at radius 1 is 1.33 bits per heavy atom. The van der Waals surface area contributed by atoms with Crippen LogP contribution in [-0.4, -0.2) is 10.2 Å². The van der Waals surface area contributed by atoms with Gasteiger partial charge in [0, 0.05) is 10.0 Å². The van der Waals surface area contributed by atoms with Gasteiger partial charge in [-0.3, -0.25) is 0 Å². The van der Waals surface area contributed by atoms with Crippen LogP contribution in [0.4, 0.5) is 4.39 Å². The maximum Gasteiger partial charge on any atom is 0.259 e. The van der Waals surface area contributed by atoms with Gasteiger partial charge in [0.15, 0.2) is 0 Å². The molecule has 0 fully saturated rings. The summed E-state index contributed by atoms with van der Waals surface area (Å²) in [7, 11) is 0. The summed E-state index contributed by atoms with van der Waals surface area (Å²) in [6.07, 6.45) is 1.45. The van der Waals surface area contributed by atoms with Crippen molar-refractivity contribution in [3.63, 3.8) is 0 Å². The highest BCUT2D eigenvalue weighted by Gasteiger charge is 2.12. The lowest BCUT2D eigenvalue weighted by Gasteiger charge is -1.98. The van der Waals surface area contributed by atoms with Gasteiger partial charge in [-0.15, -0.1) is 21.5 Å². The van der Waals surface area contributed by atoms with Crippen molar-refractivity contribution >= 4 is 50.0 Å². The fourth-order valence-electron chi connectivity index (χ4n) is 1.64. The van der Waals surface area contributed by atoms with E-state index < -0.39 is 0 Å². The van der Waals surface area contributed by atoms with Gasteiger partial charge in [0.25, 0.3) is 11.8 Å². The van der Waals surface area contributed by atoms with Gasteiger partial charge in [0.1, 0.15) is 10.8 Å². The third kappa shape index (κ3) is 3.23. The van der Waals surface area contributed by atoms with E-state index in [0.29, 0.717) is 11.5 Å². The lowest BCUT2D eigenvalue weighted by Crippen LogP contribution is -1.83. The van der Waals surface area contributed by atoms with Crippen molar-refractivity contribution in [3.05, 3.63) is 57.5 Å². The zero-order valence-corrected chi connectivity index (χ0v) is 13.5. The molecule has 2 heterocycles. The van der Waals surface area contributed by atoms with Crippen molar-refractivity contribution in [1.29, 1.82) is 0 Å². The summed E-state index contributed by atoms with van der Waals surface area (Å²) in [5.74, 6) is 0.162. The number of aromatic nitrogens is 2. The molecule has 21 heavy (non-hydrogen) atoms. The molecule has 0 radical (unpaired) electrons. The fraction of sp³-hybridized carbons (Fsp3) is 0. The highest BCUT2D eigenvalue weighted by molar-refractivity contribution is 9.10. The topological polar surface area (TPSA) is 38.9 Å². The predicted octanol–water partition coefficient (Wildman–Crippen LogP) is 5.44. The van der Waals surface area contributed by atoms with E-state index in [1.165, 1.54) is 23.5 Å². The van der Waals surface area contributed by atoms with E-state index >= 15 is 0 Å². The Kier molecular flexibility index (Phi) is 4.19. The molecule has 0 spiro atoms. The first-order chi connectivity index (χ1) is 10.1. The summed E-state index contributed by atoms with van der Waals surface area (Å²) in [5, 5.41) is 9.90. The van der Waals surface area contributed by atoms with Crippen LogP contribution in [-0.2, 0) is 0 Å². The normalized spacial score (nSPS) is 11.9. The smallest absolute Gasteiger partial charge is 0.259 e. The Bertz CT molecular complexity index is 801. The molecular formula is C14H7BrClFN2OS. The van der Waals surface area contributed by atoms with E-state index in [4.69, 9.17) is 16.0 Å². The average Bonchev–Trinajstić information content (AvgIpc) is 3.12. The van der Waals surface area contributed by atoms with E-state index in [1.807, 2.05) is 17.5 Å². The van der Waals surface area contributed by atoms with Crippen molar-refractivity contribution in [2.24, 2.45) is 0 Å². The summed E-state index contributed by atoms with van der Waals surface area (Å²) < 4.78 is 19.9. The zero-order chi connectivity index (χ0) is 14.8. The minimum Gasteiger partial charge on any atom is -0.414 e. The van der Waals surface area contributed by atoms with Crippen molar-refractivity contribution in [1.82, 2.24) is 10.2 Å². The van der Waals surface area contributed by atoms with E-state index in [2.05, 4.69) is 26.1 Å². The first kappa shape index (κ1) is 14.4. The van der Waals surface area contributed by atoms with E-state index in [-0.39, 0.29) is 16.7 Å². The van der Waals surface area contributed by atoms with Gasteiger partial charge < -0.3 is 4.42 Å². The lowest BCUT2D eigenvalue weighted by molar-refractivity contribution is 0.557. The second-order valence-corrected chi connectivity index (χ2v) is 6.32. The summed E-state index contributed by atoms with van der Waals surface area (Å²) in [6.45, 7) is 0. The van der Waals surface area contributed by atoms with E-state index in [9.17, 15) is 4.39 Å². The minimum absolute atomic E-state index is 0.152. The van der Waals surface area contributed by atoms with Crippen LogP contribution in [0.5, 0.6) is 0 Å². The van der Waals surface area contributed by atoms with Gasteiger partial charge in [-0.25, -0.2) is 4.39 Å². The molecule has 3 aromatic rings. The van der Waals surface area contributed by atoms with Crippen molar-refractivity contribution in [2.45, 2.75) is 0 Å².